The van der Waals surface area contributed by atoms with Crippen LogP contribution in [0, 0.1) is 25.3 Å². The van der Waals surface area contributed by atoms with E-state index in [0.717, 1.165) is 11.1 Å². The molecule has 1 saturated heterocycles. The summed E-state index contributed by atoms with van der Waals surface area (Å²) in [7, 11) is -3.54. The number of likely N-dealkylation sites (tertiary alicyclic amines) is 1. The van der Waals surface area contributed by atoms with Gasteiger partial charge in [0.05, 0.1) is 4.90 Å². The molecule has 0 aromatic heterocycles. The third kappa shape index (κ3) is 2.94. The van der Waals surface area contributed by atoms with Crippen LogP contribution in [0.1, 0.15) is 24.5 Å². The molecule has 0 spiro atoms. The molecule has 1 aliphatic rings. The van der Waals surface area contributed by atoms with Gasteiger partial charge in [-0.1, -0.05) is 12.1 Å². The summed E-state index contributed by atoms with van der Waals surface area (Å²) in [6, 6.07) is 5.24. The quantitative estimate of drug-likeness (QED) is 0.858. The molecule has 2 unspecified atom stereocenters. The fourth-order valence-corrected chi connectivity index (χ4v) is 4.10. The van der Waals surface area contributed by atoms with Gasteiger partial charge in [0, 0.05) is 18.6 Å². The smallest absolute Gasteiger partial charge is 0.241 e. The lowest BCUT2D eigenvalue weighted by Gasteiger charge is -2.14. The fraction of sp³-hybridized carbons (Fsp3) is 0.500. The zero-order valence-electron chi connectivity index (χ0n) is 11.9. The molecule has 2 rings (SSSR count). The Hall–Kier alpha value is -1.58. The van der Waals surface area contributed by atoms with E-state index in [4.69, 9.17) is 5.26 Å². The van der Waals surface area contributed by atoms with Crippen LogP contribution >= 0.6 is 0 Å². The zero-order valence-corrected chi connectivity index (χ0v) is 12.7. The highest BCUT2D eigenvalue weighted by molar-refractivity contribution is 7.89. The first-order valence-electron chi connectivity index (χ1n) is 6.59. The predicted octanol–water partition coefficient (Wildman–Crippen LogP) is 1.53. The molecule has 0 radical (unpaired) electrons. The highest BCUT2D eigenvalue weighted by atomic mass is 32.2. The number of benzene rings is 1. The fourth-order valence-electron chi connectivity index (χ4n) is 2.54. The van der Waals surface area contributed by atoms with Gasteiger partial charge in [-0.15, -0.1) is 0 Å². The van der Waals surface area contributed by atoms with Crippen molar-refractivity contribution < 1.29 is 8.42 Å². The van der Waals surface area contributed by atoms with Crippen molar-refractivity contribution in [3.63, 3.8) is 0 Å². The topological polar surface area (TPSA) is 73.2 Å². The molecule has 5 nitrogen and oxygen atoms in total. The Balaban J connectivity index is 2.21. The number of nitrogens with one attached hydrogen (secondary N) is 1. The summed E-state index contributed by atoms with van der Waals surface area (Å²) in [6.45, 7) is 6.01. The third-order valence-electron chi connectivity index (χ3n) is 3.66. The summed E-state index contributed by atoms with van der Waals surface area (Å²) < 4.78 is 27.6. The van der Waals surface area contributed by atoms with Gasteiger partial charge in [0.2, 0.25) is 10.0 Å². The van der Waals surface area contributed by atoms with E-state index in [9.17, 15) is 8.42 Å². The van der Waals surface area contributed by atoms with Crippen LogP contribution in [0.2, 0.25) is 0 Å². The maximum atomic E-state index is 12.5. The Morgan fingerprint density at radius 1 is 1.40 bits per heavy atom. The molecule has 6 heteroatoms. The molecule has 2 atom stereocenters. The summed E-state index contributed by atoms with van der Waals surface area (Å²) in [5.41, 5.74) is 1.64. The summed E-state index contributed by atoms with van der Waals surface area (Å²) in [6.07, 6.45) is 2.74. The van der Waals surface area contributed by atoms with Crippen molar-refractivity contribution in [1.82, 2.24) is 9.62 Å². The lowest BCUT2D eigenvalue weighted by atomic mass is 10.2. The molecule has 1 aliphatic heterocycles. The van der Waals surface area contributed by atoms with Gasteiger partial charge >= 0.3 is 0 Å². The van der Waals surface area contributed by atoms with Gasteiger partial charge in [-0.3, -0.25) is 0 Å². The Kier molecular flexibility index (Phi) is 4.02. The van der Waals surface area contributed by atoms with Crippen molar-refractivity contribution in [3.8, 4) is 6.19 Å². The lowest BCUT2D eigenvalue weighted by molar-refractivity contribution is 0.386. The average Bonchev–Trinajstić information content (AvgIpc) is 2.71. The van der Waals surface area contributed by atoms with E-state index in [0.29, 0.717) is 17.9 Å². The molecule has 0 amide bonds. The first-order valence-corrected chi connectivity index (χ1v) is 8.08. The van der Waals surface area contributed by atoms with E-state index in [-0.39, 0.29) is 12.1 Å². The summed E-state index contributed by atoms with van der Waals surface area (Å²) in [5, 5.41) is 8.95. The SMILES string of the molecule is Cc1ccc(C)c(S(=O)(=O)NC2CC(C)N(C#N)C2)c1. The number of hydrogen-bond acceptors (Lipinski definition) is 4. The molecular weight excluding hydrogens is 274 g/mol. The van der Waals surface area contributed by atoms with Crippen LogP contribution in [0.15, 0.2) is 23.1 Å². The molecular formula is C14H19N3O2S. The second-order valence-corrected chi connectivity index (χ2v) is 7.11. The number of nitriles is 1. The first kappa shape index (κ1) is 14.8. The van der Waals surface area contributed by atoms with Crippen molar-refractivity contribution in [3.05, 3.63) is 29.3 Å². The second-order valence-electron chi connectivity index (χ2n) is 5.42. The number of nitrogens with zero attached hydrogens (tertiary/aromatic N) is 2. The maximum absolute atomic E-state index is 12.5. The van der Waals surface area contributed by atoms with Gasteiger partial charge in [0.15, 0.2) is 6.19 Å². The van der Waals surface area contributed by atoms with Crippen LogP contribution in [0.5, 0.6) is 0 Å². The highest BCUT2D eigenvalue weighted by Gasteiger charge is 2.32. The summed E-state index contributed by atoms with van der Waals surface area (Å²) in [5.74, 6) is 0. The minimum Gasteiger partial charge on any atom is -0.306 e. The average molecular weight is 293 g/mol. The van der Waals surface area contributed by atoms with Gasteiger partial charge in [0.1, 0.15) is 0 Å². The monoisotopic (exact) mass is 293 g/mol. The molecule has 1 N–H and O–H groups in total. The van der Waals surface area contributed by atoms with E-state index in [1.54, 1.807) is 17.9 Å². The molecule has 20 heavy (non-hydrogen) atoms. The van der Waals surface area contributed by atoms with Crippen molar-refractivity contribution in [2.45, 2.75) is 44.2 Å². The Morgan fingerprint density at radius 3 is 2.70 bits per heavy atom. The molecule has 1 heterocycles. The molecule has 1 aromatic rings. The van der Waals surface area contributed by atoms with Crippen molar-refractivity contribution >= 4 is 10.0 Å². The first-order chi connectivity index (χ1) is 9.33. The molecule has 0 aliphatic carbocycles. The van der Waals surface area contributed by atoms with Gasteiger partial charge in [0.25, 0.3) is 0 Å². The van der Waals surface area contributed by atoms with Crippen molar-refractivity contribution in [2.24, 2.45) is 0 Å². The van der Waals surface area contributed by atoms with Crippen LogP contribution in [0.4, 0.5) is 0 Å². The minimum atomic E-state index is -3.54. The summed E-state index contributed by atoms with van der Waals surface area (Å²) in [4.78, 5) is 1.93. The predicted molar refractivity (Wildman–Crippen MR) is 76.4 cm³/mol. The Morgan fingerprint density at radius 2 is 2.10 bits per heavy atom. The van der Waals surface area contributed by atoms with E-state index in [1.165, 1.54) is 0 Å². The lowest BCUT2D eigenvalue weighted by Crippen LogP contribution is -2.36. The van der Waals surface area contributed by atoms with E-state index in [2.05, 4.69) is 10.9 Å². The normalized spacial score (nSPS) is 22.8. The van der Waals surface area contributed by atoms with E-state index < -0.39 is 10.0 Å². The number of rotatable bonds is 3. The molecule has 1 fully saturated rings. The van der Waals surface area contributed by atoms with Gasteiger partial charge < -0.3 is 4.90 Å². The Labute approximate surface area is 120 Å². The van der Waals surface area contributed by atoms with Crippen LogP contribution in [-0.2, 0) is 10.0 Å². The standard InChI is InChI=1S/C14H19N3O2S/c1-10-4-5-11(2)14(6-10)20(18,19)16-13-7-12(3)17(8-13)9-15/h4-6,12-13,16H,7-8H2,1-3H3. The molecule has 0 bridgehead atoms. The largest absolute Gasteiger partial charge is 0.306 e. The minimum absolute atomic E-state index is 0.0753. The number of sulfonamides is 1. The molecule has 0 saturated carbocycles. The molecule has 108 valence electrons. The second kappa shape index (κ2) is 5.43. The highest BCUT2D eigenvalue weighted by Crippen LogP contribution is 2.21. The van der Waals surface area contributed by atoms with Gasteiger partial charge in [-0.05, 0) is 44.4 Å². The summed E-state index contributed by atoms with van der Waals surface area (Å²) >= 11 is 0. The van der Waals surface area contributed by atoms with Gasteiger partial charge in [-0.25, -0.2) is 13.1 Å². The third-order valence-corrected chi connectivity index (χ3v) is 5.32. The molecule has 1 aromatic carbocycles. The van der Waals surface area contributed by atoms with Crippen molar-refractivity contribution in [2.75, 3.05) is 6.54 Å². The number of hydrogen-bond donors (Lipinski definition) is 1. The van der Waals surface area contributed by atoms with E-state index >= 15 is 0 Å². The van der Waals surface area contributed by atoms with Gasteiger partial charge in [-0.2, -0.15) is 5.26 Å². The van der Waals surface area contributed by atoms with Crippen LogP contribution < -0.4 is 4.72 Å². The van der Waals surface area contributed by atoms with Crippen LogP contribution in [0.25, 0.3) is 0 Å². The zero-order chi connectivity index (χ0) is 14.9. The van der Waals surface area contributed by atoms with Crippen LogP contribution in [-0.4, -0.2) is 31.9 Å². The Bertz CT molecular complexity index is 649. The number of aryl methyl sites for hydroxylation is 2. The van der Waals surface area contributed by atoms with Crippen molar-refractivity contribution in [1.29, 1.82) is 5.26 Å². The van der Waals surface area contributed by atoms with E-state index in [1.807, 2.05) is 26.0 Å². The maximum Gasteiger partial charge on any atom is 0.241 e. The van der Waals surface area contributed by atoms with Crippen LogP contribution in [0.3, 0.4) is 0 Å².